The Morgan fingerprint density at radius 2 is 2.08 bits per heavy atom. The monoisotopic (exact) mass is 180 g/mol. The van der Waals surface area contributed by atoms with E-state index < -0.39 is 0 Å². The van der Waals surface area contributed by atoms with Crippen LogP contribution in [0.15, 0.2) is 16.7 Å². The molecular formula is C12H20O. The van der Waals surface area contributed by atoms with E-state index in [-0.39, 0.29) is 0 Å². The van der Waals surface area contributed by atoms with Crippen molar-refractivity contribution in [3.63, 3.8) is 0 Å². The molecule has 0 amide bonds. The van der Waals surface area contributed by atoms with Crippen molar-refractivity contribution in [2.24, 2.45) is 0 Å². The predicted molar refractivity (Wildman–Crippen MR) is 56.0 cm³/mol. The largest absolute Gasteiger partial charge is 0.469 e. The van der Waals surface area contributed by atoms with Crippen LogP contribution in [-0.2, 0) is 6.42 Å². The van der Waals surface area contributed by atoms with Crippen LogP contribution in [0.5, 0.6) is 0 Å². The first kappa shape index (κ1) is 10.4. The van der Waals surface area contributed by atoms with Crippen LogP contribution in [0.2, 0.25) is 0 Å². The Morgan fingerprint density at radius 1 is 1.31 bits per heavy atom. The van der Waals surface area contributed by atoms with Crippen LogP contribution in [-0.4, -0.2) is 0 Å². The lowest BCUT2D eigenvalue weighted by Crippen LogP contribution is -1.98. The van der Waals surface area contributed by atoms with E-state index >= 15 is 0 Å². The number of aryl methyl sites for hydroxylation is 1. The van der Waals surface area contributed by atoms with E-state index in [4.69, 9.17) is 4.42 Å². The van der Waals surface area contributed by atoms with Gasteiger partial charge in [0.25, 0.3) is 0 Å². The van der Waals surface area contributed by atoms with Gasteiger partial charge in [0, 0.05) is 5.92 Å². The molecule has 0 fully saturated rings. The van der Waals surface area contributed by atoms with E-state index in [1.807, 2.05) is 6.26 Å². The van der Waals surface area contributed by atoms with Crippen molar-refractivity contribution in [2.45, 2.75) is 52.4 Å². The van der Waals surface area contributed by atoms with Gasteiger partial charge >= 0.3 is 0 Å². The van der Waals surface area contributed by atoms with Gasteiger partial charge < -0.3 is 4.42 Å². The molecule has 1 unspecified atom stereocenters. The molecule has 0 spiro atoms. The lowest BCUT2D eigenvalue weighted by Gasteiger charge is -2.12. The number of rotatable bonds is 5. The van der Waals surface area contributed by atoms with Gasteiger partial charge in [0.2, 0.25) is 0 Å². The fourth-order valence-corrected chi connectivity index (χ4v) is 1.87. The molecule has 1 atom stereocenters. The van der Waals surface area contributed by atoms with E-state index in [2.05, 4.69) is 26.8 Å². The van der Waals surface area contributed by atoms with Gasteiger partial charge in [-0.05, 0) is 30.9 Å². The van der Waals surface area contributed by atoms with Crippen molar-refractivity contribution >= 4 is 0 Å². The van der Waals surface area contributed by atoms with Crippen LogP contribution in [0.1, 0.15) is 57.3 Å². The highest BCUT2D eigenvalue weighted by atomic mass is 16.3. The fourth-order valence-electron chi connectivity index (χ4n) is 1.87. The molecule has 0 saturated heterocycles. The van der Waals surface area contributed by atoms with Crippen molar-refractivity contribution in [2.75, 3.05) is 0 Å². The summed E-state index contributed by atoms with van der Waals surface area (Å²) in [5, 5.41) is 0. The van der Waals surface area contributed by atoms with Crippen LogP contribution >= 0.6 is 0 Å². The van der Waals surface area contributed by atoms with Gasteiger partial charge in [0.1, 0.15) is 5.76 Å². The van der Waals surface area contributed by atoms with Crippen molar-refractivity contribution in [1.29, 1.82) is 0 Å². The summed E-state index contributed by atoms with van der Waals surface area (Å²) < 4.78 is 5.56. The Balaban J connectivity index is 2.77. The molecular weight excluding hydrogens is 160 g/mol. The van der Waals surface area contributed by atoms with Crippen molar-refractivity contribution in [1.82, 2.24) is 0 Å². The van der Waals surface area contributed by atoms with Gasteiger partial charge in [0.15, 0.2) is 0 Å². The molecule has 0 saturated carbocycles. The third-order valence-electron chi connectivity index (χ3n) is 2.66. The smallest absolute Gasteiger partial charge is 0.109 e. The van der Waals surface area contributed by atoms with Crippen LogP contribution in [0.3, 0.4) is 0 Å². The standard InChI is InChI=1S/C12H20O/c1-4-7-10(5-2)12-11(6-3)8-9-13-12/h8-10H,4-7H2,1-3H3. The molecule has 1 aromatic rings. The first-order chi connectivity index (χ1) is 6.33. The van der Waals surface area contributed by atoms with Gasteiger partial charge in [-0.2, -0.15) is 0 Å². The molecule has 1 rings (SSSR count). The lowest BCUT2D eigenvalue weighted by molar-refractivity contribution is 0.432. The zero-order valence-electron chi connectivity index (χ0n) is 8.97. The SMILES string of the molecule is CCCC(CC)c1occc1CC. The van der Waals surface area contributed by atoms with Crippen LogP contribution in [0.4, 0.5) is 0 Å². The Kier molecular flexibility index (Phi) is 4.07. The average molecular weight is 180 g/mol. The molecule has 0 bridgehead atoms. The van der Waals surface area contributed by atoms with E-state index in [9.17, 15) is 0 Å². The highest BCUT2D eigenvalue weighted by molar-refractivity contribution is 5.20. The Bertz CT molecular complexity index is 237. The quantitative estimate of drug-likeness (QED) is 0.664. The molecule has 0 aliphatic rings. The Labute approximate surface area is 81.1 Å². The van der Waals surface area contributed by atoms with E-state index in [0.29, 0.717) is 5.92 Å². The Morgan fingerprint density at radius 3 is 2.62 bits per heavy atom. The van der Waals surface area contributed by atoms with Crippen LogP contribution in [0, 0.1) is 0 Å². The molecule has 1 heterocycles. The summed E-state index contributed by atoms with van der Waals surface area (Å²) in [5.74, 6) is 1.86. The number of hydrogen-bond donors (Lipinski definition) is 0. The predicted octanol–water partition coefficient (Wildman–Crippen LogP) is 4.14. The topological polar surface area (TPSA) is 13.1 Å². The molecule has 0 aliphatic heterocycles. The first-order valence-corrected chi connectivity index (χ1v) is 5.39. The third kappa shape index (κ3) is 2.36. The second kappa shape index (κ2) is 5.11. The zero-order valence-corrected chi connectivity index (χ0v) is 8.97. The van der Waals surface area contributed by atoms with Gasteiger partial charge in [-0.3, -0.25) is 0 Å². The minimum absolute atomic E-state index is 0.634. The highest BCUT2D eigenvalue weighted by Crippen LogP contribution is 2.28. The molecule has 1 heteroatoms. The molecule has 13 heavy (non-hydrogen) atoms. The van der Waals surface area contributed by atoms with Gasteiger partial charge in [-0.25, -0.2) is 0 Å². The lowest BCUT2D eigenvalue weighted by atomic mass is 9.94. The van der Waals surface area contributed by atoms with Crippen LogP contribution < -0.4 is 0 Å². The highest BCUT2D eigenvalue weighted by Gasteiger charge is 2.14. The van der Waals surface area contributed by atoms with Gasteiger partial charge in [-0.15, -0.1) is 0 Å². The zero-order chi connectivity index (χ0) is 9.68. The van der Waals surface area contributed by atoms with E-state index in [1.54, 1.807) is 0 Å². The van der Waals surface area contributed by atoms with E-state index in [1.165, 1.54) is 30.6 Å². The Hall–Kier alpha value is -0.720. The second-order valence-corrected chi connectivity index (χ2v) is 3.56. The summed E-state index contributed by atoms with van der Waals surface area (Å²) in [4.78, 5) is 0. The molecule has 0 aromatic carbocycles. The second-order valence-electron chi connectivity index (χ2n) is 3.56. The summed E-state index contributed by atoms with van der Waals surface area (Å²) in [5.41, 5.74) is 1.39. The van der Waals surface area contributed by atoms with Crippen molar-refractivity contribution < 1.29 is 4.42 Å². The molecule has 0 aliphatic carbocycles. The maximum Gasteiger partial charge on any atom is 0.109 e. The molecule has 0 radical (unpaired) electrons. The summed E-state index contributed by atoms with van der Waals surface area (Å²) in [6, 6.07) is 2.10. The van der Waals surface area contributed by atoms with Crippen molar-refractivity contribution in [3.8, 4) is 0 Å². The maximum absolute atomic E-state index is 5.56. The first-order valence-electron chi connectivity index (χ1n) is 5.39. The van der Waals surface area contributed by atoms with E-state index in [0.717, 1.165) is 6.42 Å². The normalized spacial score (nSPS) is 13.2. The molecule has 1 nitrogen and oxygen atoms in total. The summed E-state index contributed by atoms with van der Waals surface area (Å²) in [6.07, 6.45) is 6.59. The summed E-state index contributed by atoms with van der Waals surface area (Å²) >= 11 is 0. The fraction of sp³-hybridized carbons (Fsp3) is 0.667. The van der Waals surface area contributed by atoms with Gasteiger partial charge in [-0.1, -0.05) is 27.2 Å². The minimum Gasteiger partial charge on any atom is -0.469 e. The number of furan rings is 1. The molecule has 1 aromatic heterocycles. The molecule has 74 valence electrons. The van der Waals surface area contributed by atoms with Crippen molar-refractivity contribution in [3.05, 3.63) is 23.7 Å². The summed E-state index contributed by atoms with van der Waals surface area (Å²) in [7, 11) is 0. The molecule has 0 N–H and O–H groups in total. The van der Waals surface area contributed by atoms with Crippen LogP contribution in [0.25, 0.3) is 0 Å². The maximum atomic E-state index is 5.56. The minimum atomic E-state index is 0.634. The average Bonchev–Trinajstić information content (AvgIpc) is 2.61. The van der Waals surface area contributed by atoms with Gasteiger partial charge in [0.05, 0.1) is 6.26 Å². The third-order valence-corrected chi connectivity index (χ3v) is 2.66. The summed E-state index contributed by atoms with van der Waals surface area (Å²) in [6.45, 7) is 6.66. The number of hydrogen-bond acceptors (Lipinski definition) is 1.